The Morgan fingerprint density at radius 1 is 1.22 bits per heavy atom. The Hall–Kier alpha value is -0.170. The molecule has 0 saturated carbocycles. The predicted molar refractivity (Wildman–Crippen MR) is 72.5 cm³/mol. The quantitative estimate of drug-likeness (QED) is 0.774. The van der Waals surface area contributed by atoms with E-state index in [1.165, 1.54) is 0 Å². The normalized spacial score (nSPS) is 29.1. The Morgan fingerprint density at radius 3 is 2.50 bits per heavy atom. The molecule has 2 aliphatic heterocycles. The Morgan fingerprint density at radius 2 is 1.89 bits per heavy atom. The number of nitrogens with zero attached hydrogens (tertiary/aromatic N) is 2. The van der Waals surface area contributed by atoms with E-state index in [4.69, 9.17) is 0 Å². The molecule has 0 aromatic heterocycles. The highest BCUT2D eigenvalue weighted by atomic mass is 32.2. The Labute approximate surface area is 111 Å². The number of hydrogen-bond acceptors (Lipinski definition) is 3. The highest BCUT2D eigenvalue weighted by Gasteiger charge is 2.44. The molecule has 5 nitrogen and oxygen atoms in total. The zero-order valence-corrected chi connectivity index (χ0v) is 12.2. The van der Waals surface area contributed by atoms with Crippen LogP contribution in [0, 0.1) is 5.92 Å². The standard InChI is InChI=1S/C12H25N3O2S/c1-3-6-14(7-4-2)18(16,17)15-8-5-11-9-13-10-12(11)15/h11-13H,3-10H2,1-2H3/t11-,12+/m0/s1. The smallest absolute Gasteiger partial charge is 0.282 e. The van der Waals surface area contributed by atoms with Crippen molar-refractivity contribution in [3.63, 3.8) is 0 Å². The topological polar surface area (TPSA) is 52.7 Å². The average Bonchev–Trinajstić information content (AvgIpc) is 2.89. The fraction of sp³-hybridized carbons (Fsp3) is 1.00. The molecule has 0 aromatic carbocycles. The van der Waals surface area contributed by atoms with E-state index in [0.29, 0.717) is 25.6 Å². The molecule has 106 valence electrons. The third kappa shape index (κ3) is 2.57. The van der Waals surface area contributed by atoms with Gasteiger partial charge in [0.05, 0.1) is 0 Å². The van der Waals surface area contributed by atoms with Crippen LogP contribution in [0.3, 0.4) is 0 Å². The van der Waals surface area contributed by atoms with Gasteiger partial charge in [0.2, 0.25) is 0 Å². The molecule has 2 aliphatic rings. The van der Waals surface area contributed by atoms with Crippen LogP contribution in [-0.2, 0) is 10.2 Å². The number of hydrogen-bond donors (Lipinski definition) is 1. The second kappa shape index (κ2) is 5.86. The monoisotopic (exact) mass is 275 g/mol. The predicted octanol–water partition coefficient (Wildman–Crippen LogP) is 0.647. The van der Waals surface area contributed by atoms with Crippen molar-refractivity contribution >= 4 is 10.2 Å². The van der Waals surface area contributed by atoms with E-state index < -0.39 is 10.2 Å². The summed E-state index contributed by atoms with van der Waals surface area (Å²) in [6.45, 7) is 7.82. The van der Waals surface area contributed by atoms with Gasteiger partial charge in [0, 0.05) is 32.2 Å². The highest BCUT2D eigenvalue weighted by molar-refractivity contribution is 7.86. The summed E-state index contributed by atoms with van der Waals surface area (Å²) in [4.78, 5) is 0. The first-order valence-corrected chi connectivity index (χ1v) is 8.48. The van der Waals surface area contributed by atoms with Gasteiger partial charge in [-0.1, -0.05) is 13.8 Å². The summed E-state index contributed by atoms with van der Waals surface area (Å²) in [6.07, 6.45) is 2.75. The van der Waals surface area contributed by atoms with Crippen LogP contribution < -0.4 is 5.32 Å². The van der Waals surface area contributed by atoms with Crippen molar-refractivity contribution in [2.24, 2.45) is 5.92 Å². The van der Waals surface area contributed by atoms with Crippen LogP contribution in [0.2, 0.25) is 0 Å². The summed E-state index contributed by atoms with van der Waals surface area (Å²) in [5.41, 5.74) is 0. The molecule has 0 spiro atoms. The molecule has 6 heteroatoms. The van der Waals surface area contributed by atoms with Gasteiger partial charge in [0.1, 0.15) is 0 Å². The lowest BCUT2D eigenvalue weighted by Crippen LogP contribution is -2.48. The lowest BCUT2D eigenvalue weighted by Gasteiger charge is -2.30. The van der Waals surface area contributed by atoms with Crippen LogP contribution in [0.15, 0.2) is 0 Å². The Kier molecular flexibility index (Phi) is 4.64. The maximum absolute atomic E-state index is 12.7. The fourth-order valence-electron chi connectivity index (χ4n) is 3.09. The van der Waals surface area contributed by atoms with Gasteiger partial charge in [-0.25, -0.2) is 0 Å². The average molecular weight is 275 g/mol. The van der Waals surface area contributed by atoms with Crippen LogP contribution >= 0.6 is 0 Å². The van der Waals surface area contributed by atoms with E-state index in [-0.39, 0.29) is 6.04 Å². The van der Waals surface area contributed by atoms with E-state index in [9.17, 15) is 8.42 Å². The highest BCUT2D eigenvalue weighted by Crippen LogP contribution is 2.30. The molecule has 2 atom stereocenters. The first kappa shape index (κ1) is 14.2. The number of fused-ring (bicyclic) bond motifs is 1. The SMILES string of the molecule is CCCN(CCC)S(=O)(=O)N1CC[C@H]2CNC[C@H]21. The van der Waals surface area contributed by atoms with Crippen molar-refractivity contribution in [3.8, 4) is 0 Å². The summed E-state index contributed by atoms with van der Waals surface area (Å²) in [5, 5.41) is 3.30. The van der Waals surface area contributed by atoms with Crippen LogP contribution in [0.4, 0.5) is 0 Å². The molecule has 0 bridgehead atoms. The molecular formula is C12H25N3O2S. The third-order valence-corrected chi connectivity index (χ3v) is 6.03. The van der Waals surface area contributed by atoms with Crippen LogP contribution in [-0.4, -0.2) is 55.8 Å². The van der Waals surface area contributed by atoms with E-state index in [0.717, 1.165) is 32.4 Å². The summed E-state index contributed by atoms with van der Waals surface area (Å²) >= 11 is 0. The number of rotatable bonds is 6. The zero-order valence-electron chi connectivity index (χ0n) is 11.4. The molecule has 0 aromatic rings. The van der Waals surface area contributed by atoms with Crippen molar-refractivity contribution in [3.05, 3.63) is 0 Å². The second-order valence-corrected chi connectivity index (χ2v) is 7.17. The summed E-state index contributed by atoms with van der Waals surface area (Å²) in [5.74, 6) is 0.518. The lowest BCUT2D eigenvalue weighted by atomic mass is 10.1. The van der Waals surface area contributed by atoms with Crippen molar-refractivity contribution < 1.29 is 8.42 Å². The van der Waals surface area contributed by atoms with Gasteiger partial charge < -0.3 is 5.32 Å². The van der Waals surface area contributed by atoms with E-state index in [2.05, 4.69) is 5.32 Å². The summed E-state index contributed by atoms with van der Waals surface area (Å²) in [6, 6.07) is 0.186. The molecule has 2 rings (SSSR count). The molecule has 0 unspecified atom stereocenters. The van der Waals surface area contributed by atoms with Gasteiger partial charge in [-0.3, -0.25) is 0 Å². The van der Waals surface area contributed by atoms with Gasteiger partial charge in [-0.2, -0.15) is 17.0 Å². The Balaban J connectivity index is 2.13. The van der Waals surface area contributed by atoms with Gasteiger partial charge in [-0.15, -0.1) is 0 Å². The van der Waals surface area contributed by atoms with E-state index >= 15 is 0 Å². The largest absolute Gasteiger partial charge is 0.315 e. The molecule has 18 heavy (non-hydrogen) atoms. The summed E-state index contributed by atoms with van der Waals surface area (Å²) in [7, 11) is -3.25. The van der Waals surface area contributed by atoms with Crippen molar-refractivity contribution in [2.45, 2.75) is 39.2 Å². The molecular weight excluding hydrogens is 250 g/mol. The Bertz CT molecular complexity index is 366. The van der Waals surface area contributed by atoms with Crippen molar-refractivity contribution in [1.29, 1.82) is 0 Å². The van der Waals surface area contributed by atoms with Gasteiger partial charge in [-0.05, 0) is 31.7 Å². The van der Waals surface area contributed by atoms with Crippen molar-refractivity contribution in [1.82, 2.24) is 13.9 Å². The molecule has 0 aliphatic carbocycles. The van der Waals surface area contributed by atoms with E-state index in [1.807, 2.05) is 13.8 Å². The molecule has 0 radical (unpaired) electrons. The number of nitrogens with one attached hydrogen (secondary N) is 1. The fourth-order valence-corrected chi connectivity index (χ4v) is 5.13. The molecule has 2 saturated heterocycles. The minimum Gasteiger partial charge on any atom is -0.315 e. The minimum atomic E-state index is -3.25. The molecule has 0 amide bonds. The zero-order chi connectivity index (χ0) is 13.2. The van der Waals surface area contributed by atoms with Gasteiger partial charge >= 0.3 is 0 Å². The molecule has 2 heterocycles. The molecule has 2 fully saturated rings. The van der Waals surface area contributed by atoms with E-state index in [1.54, 1.807) is 8.61 Å². The van der Waals surface area contributed by atoms with Crippen LogP contribution in [0.25, 0.3) is 0 Å². The maximum atomic E-state index is 12.7. The second-order valence-electron chi connectivity index (χ2n) is 5.29. The first-order chi connectivity index (χ1) is 8.61. The summed E-state index contributed by atoms with van der Waals surface area (Å²) < 4.78 is 28.8. The third-order valence-electron chi connectivity index (χ3n) is 3.96. The maximum Gasteiger partial charge on any atom is 0.282 e. The first-order valence-electron chi connectivity index (χ1n) is 7.08. The van der Waals surface area contributed by atoms with Crippen LogP contribution in [0.1, 0.15) is 33.1 Å². The van der Waals surface area contributed by atoms with Crippen LogP contribution in [0.5, 0.6) is 0 Å². The molecule has 1 N–H and O–H groups in total. The van der Waals surface area contributed by atoms with Crippen molar-refractivity contribution in [2.75, 3.05) is 32.7 Å². The minimum absolute atomic E-state index is 0.186. The lowest BCUT2D eigenvalue weighted by molar-refractivity contribution is 0.321. The van der Waals surface area contributed by atoms with Gasteiger partial charge in [0.25, 0.3) is 10.2 Å². The van der Waals surface area contributed by atoms with Gasteiger partial charge in [0.15, 0.2) is 0 Å².